The summed E-state index contributed by atoms with van der Waals surface area (Å²) in [5, 5.41) is 10.2. The van der Waals surface area contributed by atoms with E-state index in [-0.39, 0.29) is 0 Å². The summed E-state index contributed by atoms with van der Waals surface area (Å²) in [5.74, 6) is 0. The number of hydrogen-bond acceptors (Lipinski definition) is 0. The maximum Gasteiger partial charge on any atom is -0.000741 e. The summed E-state index contributed by atoms with van der Waals surface area (Å²) >= 11 is 0. The van der Waals surface area contributed by atoms with E-state index in [9.17, 15) is 0 Å². The van der Waals surface area contributed by atoms with E-state index in [4.69, 9.17) is 0 Å². The van der Waals surface area contributed by atoms with Crippen molar-refractivity contribution < 1.29 is 0 Å². The Bertz CT molecular complexity index is 3040. The first-order chi connectivity index (χ1) is 25.8. The standard InChI is InChI=1S/C52H32/c1-3-14-35(15-4-1)48-44-27-26-40(39-24-22-33-12-7-9-18-37(33)30-39)32-47(44)49(36-16-5-2-6-17-36)51-45-21-11-20-43-42(28-29-46(50(43)45)52(48)51)41-25-23-34-13-8-10-19-38(34)31-41/h1-32H. The third-order valence-electron chi connectivity index (χ3n) is 11.2. The highest BCUT2D eigenvalue weighted by Gasteiger charge is 2.31. The highest BCUT2D eigenvalue weighted by molar-refractivity contribution is 6.29. The SMILES string of the molecule is c1ccc(-c2c3c(c(-c4ccccc4)c4cc(-c5ccc6ccccc6c5)ccc24)-c2cccc4c(-c5ccc6ccccc6c5)ccc-3c24)cc1. The molecule has 10 aromatic rings. The molecule has 0 heterocycles. The summed E-state index contributed by atoms with van der Waals surface area (Å²) in [5.41, 5.74) is 15.3. The van der Waals surface area contributed by atoms with Crippen LogP contribution in [0, 0.1) is 0 Å². The molecule has 0 N–H and O–H groups in total. The van der Waals surface area contributed by atoms with Gasteiger partial charge in [0.15, 0.2) is 0 Å². The van der Waals surface area contributed by atoms with E-state index in [1.165, 1.54) is 110 Å². The van der Waals surface area contributed by atoms with Crippen LogP contribution in [-0.4, -0.2) is 0 Å². The summed E-state index contributed by atoms with van der Waals surface area (Å²) in [6.07, 6.45) is 0. The fraction of sp³-hybridized carbons (Fsp3) is 0. The molecule has 11 rings (SSSR count). The smallest absolute Gasteiger partial charge is 0.000741 e. The lowest BCUT2D eigenvalue weighted by Crippen LogP contribution is -1.94. The van der Waals surface area contributed by atoms with E-state index >= 15 is 0 Å². The van der Waals surface area contributed by atoms with Crippen molar-refractivity contribution in [1.29, 1.82) is 0 Å². The van der Waals surface area contributed by atoms with Crippen LogP contribution in [0.1, 0.15) is 0 Å². The second-order valence-electron chi connectivity index (χ2n) is 14.0. The van der Waals surface area contributed by atoms with Gasteiger partial charge in [0.2, 0.25) is 0 Å². The Morgan fingerprint density at radius 1 is 0.212 bits per heavy atom. The van der Waals surface area contributed by atoms with E-state index in [1.807, 2.05) is 0 Å². The van der Waals surface area contributed by atoms with Gasteiger partial charge in [-0.3, -0.25) is 0 Å². The van der Waals surface area contributed by atoms with Gasteiger partial charge in [-0.1, -0.05) is 176 Å². The van der Waals surface area contributed by atoms with Crippen molar-refractivity contribution in [3.63, 3.8) is 0 Å². The summed E-state index contributed by atoms with van der Waals surface area (Å²) < 4.78 is 0. The quantitative estimate of drug-likeness (QED) is 0.177. The third-order valence-corrected chi connectivity index (χ3v) is 11.2. The van der Waals surface area contributed by atoms with Gasteiger partial charge in [-0.25, -0.2) is 0 Å². The van der Waals surface area contributed by atoms with Crippen LogP contribution in [0.2, 0.25) is 0 Å². The summed E-state index contributed by atoms with van der Waals surface area (Å²) in [6.45, 7) is 0. The molecule has 240 valence electrons. The summed E-state index contributed by atoms with van der Waals surface area (Å²) in [6, 6.07) is 71.8. The van der Waals surface area contributed by atoms with Crippen molar-refractivity contribution >= 4 is 43.1 Å². The Kier molecular flexibility index (Phi) is 6.35. The van der Waals surface area contributed by atoms with Gasteiger partial charge >= 0.3 is 0 Å². The molecule has 0 aliphatic heterocycles. The predicted molar refractivity (Wildman–Crippen MR) is 223 cm³/mol. The molecule has 1 aliphatic carbocycles. The molecule has 0 amide bonds. The first kappa shape index (κ1) is 29.0. The second-order valence-corrected chi connectivity index (χ2v) is 14.0. The van der Waals surface area contributed by atoms with Crippen LogP contribution in [0.4, 0.5) is 0 Å². The van der Waals surface area contributed by atoms with Crippen LogP contribution < -0.4 is 0 Å². The molecule has 10 aromatic carbocycles. The fourth-order valence-corrected chi connectivity index (χ4v) is 8.82. The monoisotopic (exact) mass is 656 g/mol. The van der Waals surface area contributed by atoms with Crippen LogP contribution in [0.3, 0.4) is 0 Å². The maximum atomic E-state index is 2.44. The van der Waals surface area contributed by atoms with Crippen LogP contribution in [0.15, 0.2) is 194 Å². The lowest BCUT2D eigenvalue weighted by molar-refractivity contribution is 1.61. The molecule has 0 bridgehead atoms. The fourth-order valence-electron chi connectivity index (χ4n) is 8.82. The van der Waals surface area contributed by atoms with Gasteiger partial charge in [-0.15, -0.1) is 0 Å². The summed E-state index contributed by atoms with van der Waals surface area (Å²) in [4.78, 5) is 0. The number of fused-ring (bicyclic) bond motifs is 6. The Morgan fingerprint density at radius 3 is 1.38 bits per heavy atom. The molecule has 0 unspecified atom stereocenters. The minimum absolute atomic E-state index is 1.22. The van der Waals surface area contributed by atoms with Gasteiger partial charge < -0.3 is 0 Å². The van der Waals surface area contributed by atoms with Crippen molar-refractivity contribution in [3.05, 3.63) is 194 Å². The van der Waals surface area contributed by atoms with Gasteiger partial charge in [-0.2, -0.15) is 0 Å². The van der Waals surface area contributed by atoms with Gasteiger partial charge in [-0.05, 0) is 128 Å². The zero-order chi connectivity index (χ0) is 34.2. The zero-order valence-corrected chi connectivity index (χ0v) is 28.5. The molecule has 0 saturated heterocycles. The maximum absolute atomic E-state index is 2.44. The Morgan fingerprint density at radius 2 is 0.712 bits per heavy atom. The highest BCUT2D eigenvalue weighted by atomic mass is 14.3. The molecule has 0 heteroatoms. The lowest BCUT2D eigenvalue weighted by Gasteiger charge is -2.21. The van der Waals surface area contributed by atoms with Crippen molar-refractivity contribution in [2.24, 2.45) is 0 Å². The van der Waals surface area contributed by atoms with Gasteiger partial charge in [0.05, 0.1) is 0 Å². The molecule has 1 aliphatic rings. The van der Waals surface area contributed by atoms with E-state index in [1.54, 1.807) is 0 Å². The van der Waals surface area contributed by atoms with E-state index in [0.29, 0.717) is 0 Å². The molecule has 0 nitrogen and oxygen atoms in total. The van der Waals surface area contributed by atoms with E-state index in [2.05, 4.69) is 194 Å². The highest BCUT2D eigenvalue weighted by Crippen LogP contribution is 2.58. The molecule has 0 aromatic heterocycles. The molecule has 0 fully saturated rings. The number of hydrogen-bond donors (Lipinski definition) is 0. The van der Waals surface area contributed by atoms with E-state index < -0.39 is 0 Å². The predicted octanol–water partition coefficient (Wildman–Crippen LogP) is 14.6. The topological polar surface area (TPSA) is 0 Å². The summed E-state index contributed by atoms with van der Waals surface area (Å²) in [7, 11) is 0. The van der Waals surface area contributed by atoms with Gasteiger partial charge in [0.1, 0.15) is 0 Å². The van der Waals surface area contributed by atoms with E-state index in [0.717, 1.165) is 0 Å². The molecule has 0 saturated carbocycles. The average molecular weight is 657 g/mol. The Hall–Kier alpha value is -6.76. The van der Waals surface area contributed by atoms with Crippen LogP contribution in [0.25, 0.3) is 110 Å². The van der Waals surface area contributed by atoms with Gasteiger partial charge in [0.25, 0.3) is 0 Å². The molecule has 52 heavy (non-hydrogen) atoms. The first-order valence-electron chi connectivity index (χ1n) is 18.1. The Labute approximate surface area is 302 Å². The van der Waals surface area contributed by atoms with Crippen LogP contribution >= 0.6 is 0 Å². The Balaban J connectivity index is 1.25. The van der Waals surface area contributed by atoms with Gasteiger partial charge in [0, 0.05) is 0 Å². The van der Waals surface area contributed by atoms with Crippen molar-refractivity contribution in [3.8, 4) is 66.8 Å². The number of rotatable bonds is 4. The lowest BCUT2D eigenvalue weighted by atomic mass is 9.81. The van der Waals surface area contributed by atoms with Crippen molar-refractivity contribution in [1.82, 2.24) is 0 Å². The molecular formula is C52H32. The average Bonchev–Trinajstić information content (AvgIpc) is 3.54. The molecule has 0 radical (unpaired) electrons. The minimum Gasteiger partial charge on any atom is -0.0622 e. The second kappa shape index (κ2) is 11.4. The first-order valence-corrected chi connectivity index (χ1v) is 18.1. The zero-order valence-electron chi connectivity index (χ0n) is 28.5. The molecule has 0 spiro atoms. The van der Waals surface area contributed by atoms with Crippen molar-refractivity contribution in [2.75, 3.05) is 0 Å². The van der Waals surface area contributed by atoms with Crippen LogP contribution in [0.5, 0.6) is 0 Å². The third kappa shape index (κ3) is 4.35. The van der Waals surface area contributed by atoms with Crippen LogP contribution in [-0.2, 0) is 0 Å². The minimum atomic E-state index is 1.22. The largest absolute Gasteiger partial charge is 0.0622 e. The molecule has 0 atom stereocenters. The molecular weight excluding hydrogens is 625 g/mol. The number of benzene rings is 10. The normalized spacial score (nSPS) is 11.8. The van der Waals surface area contributed by atoms with Crippen molar-refractivity contribution in [2.45, 2.75) is 0 Å².